The molecule has 6 nitrogen and oxygen atoms in total. The summed E-state index contributed by atoms with van der Waals surface area (Å²) in [7, 11) is -2.05. The molecule has 3 N–H and O–H groups in total. The topological polar surface area (TPSA) is 92.1 Å². The van der Waals surface area contributed by atoms with Crippen LogP contribution in [0.15, 0.2) is 35.5 Å². The van der Waals surface area contributed by atoms with Crippen LogP contribution < -0.4 is 5.73 Å². The molecule has 0 aliphatic heterocycles. The number of rotatable bonds is 5. The van der Waals surface area contributed by atoms with Crippen LogP contribution in [0.3, 0.4) is 0 Å². The van der Waals surface area contributed by atoms with Gasteiger partial charge in [0.05, 0.1) is 11.1 Å². The average molecular weight is 324 g/mol. The Labute approximate surface area is 129 Å². The van der Waals surface area contributed by atoms with E-state index in [9.17, 15) is 8.42 Å². The van der Waals surface area contributed by atoms with Crippen molar-refractivity contribution in [2.75, 3.05) is 7.05 Å². The molecule has 0 spiro atoms. The van der Waals surface area contributed by atoms with Crippen molar-refractivity contribution in [1.29, 1.82) is 0 Å². The number of aryl methyl sites for hydroxylation is 1. The smallest absolute Gasteiger partial charge is 0.243 e. The maximum atomic E-state index is 12.5. The summed E-state index contributed by atoms with van der Waals surface area (Å²) in [4.78, 5) is 0.467. The van der Waals surface area contributed by atoms with Crippen molar-refractivity contribution >= 4 is 27.2 Å². The SMILES string of the molecule is Cc1cc(S(=O)(=O)N(C)Cc2cn[nH]c2)ccc1C(N)=S. The Kier molecular flexibility index (Phi) is 4.40. The number of aromatic amines is 1. The first-order valence-electron chi connectivity index (χ1n) is 6.17. The van der Waals surface area contributed by atoms with Gasteiger partial charge in [0.15, 0.2) is 0 Å². The molecule has 1 aromatic heterocycles. The van der Waals surface area contributed by atoms with Gasteiger partial charge in [0.1, 0.15) is 4.99 Å². The van der Waals surface area contributed by atoms with Gasteiger partial charge in [0, 0.05) is 30.9 Å². The fourth-order valence-corrected chi connectivity index (χ4v) is 3.43. The van der Waals surface area contributed by atoms with Gasteiger partial charge in [-0.05, 0) is 24.6 Å². The van der Waals surface area contributed by atoms with E-state index in [1.54, 1.807) is 31.5 Å². The van der Waals surface area contributed by atoms with Gasteiger partial charge >= 0.3 is 0 Å². The van der Waals surface area contributed by atoms with Gasteiger partial charge in [-0.1, -0.05) is 18.3 Å². The summed E-state index contributed by atoms with van der Waals surface area (Å²) in [6, 6.07) is 4.73. The van der Waals surface area contributed by atoms with E-state index < -0.39 is 10.0 Å². The first-order chi connectivity index (χ1) is 9.82. The van der Waals surface area contributed by atoms with E-state index in [-0.39, 0.29) is 16.4 Å². The summed E-state index contributed by atoms with van der Waals surface area (Å²) in [5.74, 6) is 0. The van der Waals surface area contributed by atoms with Crippen molar-refractivity contribution < 1.29 is 8.42 Å². The zero-order valence-corrected chi connectivity index (χ0v) is 13.3. The van der Waals surface area contributed by atoms with Crippen LogP contribution in [0.5, 0.6) is 0 Å². The van der Waals surface area contributed by atoms with Crippen LogP contribution in [-0.4, -0.2) is 35.0 Å². The second-order valence-corrected chi connectivity index (χ2v) is 7.19. The minimum absolute atomic E-state index is 0.214. The molecule has 0 radical (unpaired) electrons. The summed E-state index contributed by atoms with van der Waals surface area (Å²) in [5.41, 5.74) is 7.79. The van der Waals surface area contributed by atoms with E-state index in [0.717, 1.165) is 11.1 Å². The molecule has 2 rings (SSSR count). The predicted molar refractivity (Wildman–Crippen MR) is 84.3 cm³/mol. The van der Waals surface area contributed by atoms with Crippen molar-refractivity contribution in [2.24, 2.45) is 5.73 Å². The maximum absolute atomic E-state index is 12.5. The van der Waals surface area contributed by atoms with Crippen molar-refractivity contribution in [2.45, 2.75) is 18.4 Å². The molecule has 1 heterocycles. The average Bonchev–Trinajstić information content (AvgIpc) is 2.90. The monoisotopic (exact) mass is 324 g/mol. The van der Waals surface area contributed by atoms with Crippen LogP contribution in [0.1, 0.15) is 16.7 Å². The number of benzene rings is 1. The van der Waals surface area contributed by atoms with Crippen LogP contribution in [0.4, 0.5) is 0 Å². The van der Waals surface area contributed by atoms with E-state index >= 15 is 0 Å². The van der Waals surface area contributed by atoms with Crippen LogP contribution in [0.2, 0.25) is 0 Å². The van der Waals surface area contributed by atoms with Gasteiger partial charge < -0.3 is 5.73 Å². The first kappa shape index (κ1) is 15.6. The fraction of sp³-hybridized carbons (Fsp3) is 0.231. The summed E-state index contributed by atoms with van der Waals surface area (Å²) < 4.78 is 26.3. The largest absolute Gasteiger partial charge is 0.389 e. The van der Waals surface area contributed by atoms with E-state index in [1.807, 2.05) is 0 Å². The van der Waals surface area contributed by atoms with Crippen molar-refractivity contribution in [3.05, 3.63) is 47.3 Å². The zero-order chi connectivity index (χ0) is 15.6. The molecule has 0 saturated heterocycles. The van der Waals surface area contributed by atoms with Crippen LogP contribution in [0, 0.1) is 6.92 Å². The molecule has 0 bridgehead atoms. The molecule has 112 valence electrons. The van der Waals surface area contributed by atoms with Crippen LogP contribution in [-0.2, 0) is 16.6 Å². The number of nitrogens with two attached hydrogens (primary N) is 1. The van der Waals surface area contributed by atoms with Gasteiger partial charge in [-0.2, -0.15) is 9.40 Å². The fourth-order valence-electron chi connectivity index (χ4n) is 1.96. The summed E-state index contributed by atoms with van der Waals surface area (Å²) in [6.45, 7) is 2.03. The van der Waals surface area contributed by atoms with Gasteiger partial charge in [0.2, 0.25) is 10.0 Å². The Bertz CT molecular complexity index is 754. The highest BCUT2D eigenvalue weighted by Gasteiger charge is 2.22. The van der Waals surface area contributed by atoms with E-state index in [0.29, 0.717) is 5.56 Å². The lowest BCUT2D eigenvalue weighted by Gasteiger charge is -2.17. The number of nitrogens with zero attached hydrogens (tertiary/aromatic N) is 2. The highest BCUT2D eigenvalue weighted by molar-refractivity contribution is 7.89. The molecule has 0 atom stereocenters. The third-order valence-corrected chi connectivity index (χ3v) is 5.15. The molecule has 0 aliphatic rings. The number of aromatic nitrogens is 2. The van der Waals surface area contributed by atoms with Gasteiger partial charge in [-0.3, -0.25) is 5.10 Å². The molecule has 0 amide bonds. The molecule has 21 heavy (non-hydrogen) atoms. The van der Waals surface area contributed by atoms with Crippen molar-refractivity contribution in [3.63, 3.8) is 0 Å². The zero-order valence-electron chi connectivity index (χ0n) is 11.7. The molecule has 0 fully saturated rings. The number of sulfonamides is 1. The van der Waals surface area contributed by atoms with E-state index in [2.05, 4.69) is 10.2 Å². The number of nitrogens with one attached hydrogen (secondary N) is 1. The molecule has 1 aromatic carbocycles. The second kappa shape index (κ2) is 5.92. The van der Waals surface area contributed by atoms with Gasteiger partial charge in [-0.15, -0.1) is 0 Å². The highest BCUT2D eigenvalue weighted by Crippen LogP contribution is 2.20. The lowest BCUT2D eigenvalue weighted by molar-refractivity contribution is 0.467. The predicted octanol–water partition coefficient (Wildman–Crippen LogP) is 1.17. The lowest BCUT2D eigenvalue weighted by atomic mass is 10.1. The molecule has 2 aromatic rings. The Hall–Kier alpha value is -1.77. The van der Waals surface area contributed by atoms with Crippen LogP contribution in [0.25, 0.3) is 0 Å². The maximum Gasteiger partial charge on any atom is 0.243 e. The van der Waals surface area contributed by atoms with E-state index in [4.69, 9.17) is 18.0 Å². The molecule has 0 unspecified atom stereocenters. The van der Waals surface area contributed by atoms with Crippen LogP contribution >= 0.6 is 12.2 Å². The number of H-pyrrole nitrogens is 1. The molecule has 0 aliphatic carbocycles. The lowest BCUT2D eigenvalue weighted by Crippen LogP contribution is -2.26. The normalized spacial score (nSPS) is 11.8. The number of hydrogen-bond acceptors (Lipinski definition) is 4. The minimum Gasteiger partial charge on any atom is -0.389 e. The van der Waals surface area contributed by atoms with E-state index in [1.165, 1.54) is 17.4 Å². The standard InChI is InChI=1S/C13H16N4O2S2/c1-9-5-11(3-4-12(9)13(14)20)21(18,19)17(2)8-10-6-15-16-7-10/h3-7H,8H2,1-2H3,(H2,14,20)(H,15,16). The van der Waals surface area contributed by atoms with Gasteiger partial charge in [0.25, 0.3) is 0 Å². The summed E-state index contributed by atoms with van der Waals surface area (Å²) >= 11 is 4.92. The Morgan fingerprint density at radius 2 is 2.19 bits per heavy atom. The molecular formula is C13H16N4O2S2. The van der Waals surface area contributed by atoms with Crippen molar-refractivity contribution in [1.82, 2.24) is 14.5 Å². The number of hydrogen-bond donors (Lipinski definition) is 2. The molecular weight excluding hydrogens is 308 g/mol. The minimum atomic E-state index is -3.57. The Balaban J connectivity index is 2.31. The van der Waals surface area contributed by atoms with Crippen molar-refractivity contribution in [3.8, 4) is 0 Å². The Morgan fingerprint density at radius 1 is 1.48 bits per heavy atom. The third kappa shape index (κ3) is 3.29. The number of thiocarbonyl (C=S) groups is 1. The Morgan fingerprint density at radius 3 is 2.71 bits per heavy atom. The first-order valence-corrected chi connectivity index (χ1v) is 8.01. The second-order valence-electron chi connectivity index (χ2n) is 4.71. The highest BCUT2D eigenvalue weighted by atomic mass is 32.2. The quantitative estimate of drug-likeness (QED) is 0.806. The summed E-state index contributed by atoms with van der Waals surface area (Å²) in [5, 5.41) is 6.46. The van der Waals surface area contributed by atoms with Gasteiger partial charge in [-0.25, -0.2) is 8.42 Å². The third-order valence-electron chi connectivity index (χ3n) is 3.13. The summed E-state index contributed by atoms with van der Waals surface area (Å²) in [6.07, 6.45) is 3.25. The molecule has 8 heteroatoms. The molecule has 0 saturated carbocycles.